The molecule has 5 nitrogen and oxygen atoms in total. The van der Waals surface area contributed by atoms with Crippen LogP contribution >= 0.6 is 0 Å². The molecule has 0 bridgehead atoms. The molecule has 0 spiro atoms. The lowest BCUT2D eigenvalue weighted by atomic mass is 10.1. The van der Waals surface area contributed by atoms with Crippen LogP contribution in [0.15, 0.2) is 18.2 Å². The highest BCUT2D eigenvalue weighted by molar-refractivity contribution is 5.95. The van der Waals surface area contributed by atoms with E-state index in [1.165, 1.54) is 0 Å². The Kier molecular flexibility index (Phi) is 8.36. The quantitative estimate of drug-likeness (QED) is 0.697. The van der Waals surface area contributed by atoms with Crippen molar-refractivity contribution in [3.8, 4) is 11.5 Å². The zero-order valence-corrected chi connectivity index (χ0v) is 13.9. The molecule has 0 radical (unpaired) electrons. The second-order valence-corrected chi connectivity index (χ2v) is 5.08. The summed E-state index contributed by atoms with van der Waals surface area (Å²) >= 11 is 0. The van der Waals surface area contributed by atoms with Crippen LogP contribution in [0.5, 0.6) is 11.5 Å². The van der Waals surface area contributed by atoms with E-state index in [-0.39, 0.29) is 11.9 Å². The SMILES string of the molecule is CCCCC(CN)NC(=O)c1ccc(OCC)c(OCC)c1. The summed E-state index contributed by atoms with van der Waals surface area (Å²) in [5.41, 5.74) is 6.28. The minimum absolute atomic E-state index is 0.00885. The van der Waals surface area contributed by atoms with Gasteiger partial charge in [0.15, 0.2) is 11.5 Å². The van der Waals surface area contributed by atoms with Gasteiger partial charge in [-0.3, -0.25) is 4.79 Å². The minimum Gasteiger partial charge on any atom is -0.490 e. The fraction of sp³-hybridized carbons (Fsp3) is 0.588. The van der Waals surface area contributed by atoms with Crippen LogP contribution in [0.2, 0.25) is 0 Å². The van der Waals surface area contributed by atoms with Crippen molar-refractivity contribution in [2.45, 2.75) is 46.1 Å². The number of carbonyl (C=O) groups excluding carboxylic acids is 1. The molecule has 1 aromatic carbocycles. The normalized spacial score (nSPS) is 11.8. The number of nitrogens with two attached hydrogens (primary N) is 1. The van der Waals surface area contributed by atoms with E-state index in [1.54, 1.807) is 18.2 Å². The summed E-state index contributed by atoms with van der Waals surface area (Å²) in [5.74, 6) is 1.12. The van der Waals surface area contributed by atoms with Crippen LogP contribution in [0.3, 0.4) is 0 Å². The highest BCUT2D eigenvalue weighted by atomic mass is 16.5. The Balaban J connectivity index is 2.81. The Morgan fingerprint density at radius 1 is 1.18 bits per heavy atom. The lowest BCUT2D eigenvalue weighted by Crippen LogP contribution is -2.40. The van der Waals surface area contributed by atoms with Gasteiger partial charge in [-0.2, -0.15) is 0 Å². The Hall–Kier alpha value is -1.75. The monoisotopic (exact) mass is 308 g/mol. The zero-order chi connectivity index (χ0) is 16.4. The van der Waals surface area contributed by atoms with Gasteiger partial charge in [-0.05, 0) is 38.5 Å². The Morgan fingerprint density at radius 2 is 1.86 bits per heavy atom. The maximum Gasteiger partial charge on any atom is 0.251 e. The second kappa shape index (κ2) is 10.1. The maximum atomic E-state index is 12.3. The molecule has 0 aliphatic heterocycles. The molecule has 1 rings (SSSR count). The summed E-state index contributed by atoms with van der Waals surface area (Å²) in [6, 6.07) is 5.25. The smallest absolute Gasteiger partial charge is 0.251 e. The van der Waals surface area contributed by atoms with Gasteiger partial charge < -0.3 is 20.5 Å². The van der Waals surface area contributed by atoms with Crippen LogP contribution in [0, 0.1) is 0 Å². The molecule has 0 aromatic heterocycles. The number of ether oxygens (including phenoxy) is 2. The van der Waals surface area contributed by atoms with Crippen molar-refractivity contribution in [2.75, 3.05) is 19.8 Å². The molecule has 22 heavy (non-hydrogen) atoms. The van der Waals surface area contributed by atoms with Crippen molar-refractivity contribution in [1.29, 1.82) is 0 Å². The molecule has 1 atom stereocenters. The zero-order valence-electron chi connectivity index (χ0n) is 13.9. The molecule has 0 aliphatic carbocycles. The van der Waals surface area contributed by atoms with Crippen LogP contribution < -0.4 is 20.5 Å². The predicted molar refractivity (Wildman–Crippen MR) is 88.6 cm³/mol. The van der Waals surface area contributed by atoms with Crippen molar-refractivity contribution in [3.05, 3.63) is 23.8 Å². The van der Waals surface area contributed by atoms with E-state index in [0.717, 1.165) is 19.3 Å². The van der Waals surface area contributed by atoms with E-state index in [2.05, 4.69) is 12.2 Å². The van der Waals surface area contributed by atoms with Gasteiger partial charge in [0.05, 0.1) is 13.2 Å². The van der Waals surface area contributed by atoms with Crippen LogP contribution in [-0.2, 0) is 0 Å². The van der Waals surface area contributed by atoms with Crippen molar-refractivity contribution >= 4 is 5.91 Å². The number of benzene rings is 1. The number of unbranched alkanes of at least 4 members (excludes halogenated alkanes) is 1. The van der Waals surface area contributed by atoms with Crippen molar-refractivity contribution < 1.29 is 14.3 Å². The molecule has 124 valence electrons. The summed E-state index contributed by atoms with van der Waals surface area (Å²) in [6.45, 7) is 7.45. The van der Waals surface area contributed by atoms with Gasteiger partial charge in [0.2, 0.25) is 0 Å². The predicted octanol–water partition coefficient (Wildman–Crippen LogP) is 2.73. The third-order valence-electron chi connectivity index (χ3n) is 3.33. The van der Waals surface area contributed by atoms with Gasteiger partial charge in [-0.15, -0.1) is 0 Å². The van der Waals surface area contributed by atoms with Gasteiger partial charge in [0.25, 0.3) is 5.91 Å². The van der Waals surface area contributed by atoms with Gasteiger partial charge in [0, 0.05) is 18.2 Å². The maximum absolute atomic E-state index is 12.3. The largest absolute Gasteiger partial charge is 0.490 e. The van der Waals surface area contributed by atoms with Crippen LogP contribution in [0.4, 0.5) is 0 Å². The lowest BCUT2D eigenvalue weighted by Gasteiger charge is -2.17. The number of rotatable bonds is 10. The third-order valence-corrected chi connectivity index (χ3v) is 3.33. The summed E-state index contributed by atoms with van der Waals surface area (Å²) in [4.78, 5) is 12.3. The number of hydrogen-bond acceptors (Lipinski definition) is 4. The molecule has 1 unspecified atom stereocenters. The third kappa shape index (κ3) is 5.56. The summed E-state index contributed by atoms with van der Waals surface area (Å²) in [6.07, 6.45) is 3.04. The molecule has 0 fully saturated rings. The van der Waals surface area contributed by atoms with E-state index in [4.69, 9.17) is 15.2 Å². The van der Waals surface area contributed by atoms with Gasteiger partial charge in [-0.1, -0.05) is 19.8 Å². The first kappa shape index (κ1) is 18.3. The van der Waals surface area contributed by atoms with Crippen LogP contribution in [0.1, 0.15) is 50.4 Å². The number of carbonyl (C=O) groups is 1. The average Bonchev–Trinajstić information content (AvgIpc) is 2.53. The van der Waals surface area contributed by atoms with E-state index in [1.807, 2.05) is 13.8 Å². The first-order chi connectivity index (χ1) is 10.7. The Labute approximate surface area is 133 Å². The molecule has 0 heterocycles. The first-order valence-corrected chi connectivity index (χ1v) is 8.06. The van der Waals surface area contributed by atoms with Crippen molar-refractivity contribution in [1.82, 2.24) is 5.32 Å². The van der Waals surface area contributed by atoms with E-state index >= 15 is 0 Å². The fourth-order valence-corrected chi connectivity index (χ4v) is 2.16. The van der Waals surface area contributed by atoms with Gasteiger partial charge >= 0.3 is 0 Å². The molecule has 5 heteroatoms. The highest BCUT2D eigenvalue weighted by Gasteiger charge is 2.15. The standard InChI is InChI=1S/C17H28N2O3/c1-4-7-8-14(12-18)19-17(20)13-9-10-15(21-5-2)16(11-13)22-6-3/h9-11,14H,4-8,12,18H2,1-3H3,(H,19,20). The molecule has 0 saturated carbocycles. The molecule has 0 saturated heterocycles. The lowest BCUT2D eigenvalue weighted by molar-refractivity contribution is 0.0935. The fourth-order valence-electron chi connectivity index (χ4n) is 2.16. The van der Waals surface area contributed by atoms with E-state index in [9.17, 15) is 4.79 Å². The number of nitrogens with one attached hydrogen (secondary N) is 1. The minimum atomic E-state index is -0.129. The topological polar surface area (TPSA) is 73.6 Å². The molecular formula is C17H28N2O3. The van der Waals surface area contributed by atoms with Crippen LogP contribution in [-0.4, -0.2) is 31.7 Å². The molecule has 0 aliphatic rings. The average molecular weight is 308 g/mol. The Bertz CT molecular complexity index is 463. The van der Waals surface area contributed by atoms with Gasteiger partial charge in [-0.25, -0.2) is 0 Å². The van der Waals surface area contributed by atoms with Gasteiger partial charge in [0.1, 0.15) is 0 Å². The number of hydrogen-bond donors (Lipinski definition) is 2. The van der Waals surface area contributed by atoms with Crippen molar-refractivity contribution in [2.24, 2.45) is 5.73 Å². The summed E-state index contributed by atoms with van der Waals surface area (Å²) in [5, 5.41) is 2.98. The molecule has 3 N–H and O–H groups in total. The molecule has 1 aromatic rings. The molecular weight excluding hydrogens is 280 g/mol. The summed E-state index contributed by atoms with van der Waals surface area (Å²) < 4.78 is 11.0. The van der Waals surface area contributed by atoms with E-state index < -0.39 is 0 Å². The van der Waals surface area contributed by atoms with Crippen molar-refractivity contribution in [3.63, 3.8) is 0 Å². The summed E-state index contributed by atoms with van der Waals surface area (Å²) in [7, 11) is 0. The van der Waals surface area contributed by atoms with Crippen LogP contribution in [0.25, 0.3) is 0 Å². The Morgan fingerprint density at radius 3 is 2.45 bits per heavy atom. The number of amides is 1. The second-order valence-electron chi connectivity index (χ2n) is 5.08. The first-order valence-electron chi connectivity index (χ1n) is 8.06. The van der Waals surface area contributed by atoms with E-state index in [0.29, 0.717) is 36.8 Å². The molecule has 1 amide bonds. The highest BCUT2D eigenvalue weighted by Crippen LogP contribution is 2.28.